The van der Waals surface area contributed by atoms with Crippen molar-refractivity contribution in [3.63, 3.8) is 0 Å². The molecular weight excluding hydrogens is 228 g/mol. The molecule has 2 aromatic rings. The number of aromatic nitrogens is 1. The number of Topliss-reactive ketones (excluding diaryl/α,β-unsaturated/α-hetero) is 1. The van der Waals surface area contributed by atoms with Crippen molar-refractivity contribution in [1.82, 2.24) is 10.3 Å². The van der Waals surface area contributed by atoms with Gasteiger partial charge in [0.05, 0.1) is 0 Å². The molecular formula is C14H16N2O2. The van der Waals surface area contributed by atoms with E-state index in [9.17, 15) is 4.79 Å². The van der Waals surface area contributed by atoms with Gasteiger partial charge < -0.3 is 9.73 Å². The first-order valence-corrected chi connectivity index (χ1v) is 6.43. The Morgan fingerprint density at radius 2 is 2.39 bits per heavy atom. The molecule has 1 saturated heterocycles. The second kappa shape index (κ2) is 4.90. The Kier molecular flexibility index (Phi) is 3.11. The summed E-state index contributed by atoms with van der Waals surface area (Å²) in [5, 5.41) is 3.40. The summed E-state index contributed by atoms with van der Waals surface area (Å²) in [4.78, 5) is 16.2. The molecule has 18 heavy (non-hydrogen) atoms. The zero-order valence-electron chi connectivity index (χ0n) is 10.2. The number of benzene rings is 1. The number of hydrogen-bond acceptors (Lipinski definition) is 4. The number of carbonyl (C=O) groups excluding carboxylic acids is 1. The van der Waals surface area contributed by atoms with Crippen LogP contribution in [0.25, 0.3) is 11.1 Å². The lowest BCUT2D eigenvalue weighted by Crippen LogP contribution is -2.35. The van der Waals surface area contributed by atoms with E-state index in [-0.39, 0.29) is 5.78 Å². The molecule has 0 radical (unpaired) electrons. The molecule has 1 N–H and O–H groups in total. The van der Waals surface area contributed by atoms with E-state index in [4.69, 9.17) is 4.42 Å². The predicted octanol–water partition coefficient (Wildman–Crippen LogP) is 2.54. The van der Waals surface area contributed by atoms with Gasteiger partial charge in [0.25, 0.3) is 0 Å². The summed E-state index contributed by atoms with van der Waals surface area (Å²) in [7, 11) is 0. The molecule has 1 aromatic carbocycles. The first kappa shape index (κ1) is 11.4. The SMILES string of the molecule is O=C(CC1CCCCN1)c1ccc2ncoc2c1. The Balaban J connectivity index is 1.74. The van der Waals surface area contributed by atoms with Crippen LogP contribution in [0.1, 0.15) is 36.0 Å². The molecule has 1 unspecified atom stereocenters. The summed E-state index contributed by atoms with van der Waals surface area (Å²) < 4.78 is 5.22. The molecule has 94 valence electrons. The Hall–Kier alpha value is -1.68. The van der Waals surface area contributed by atoms with Gasteiger partial charge >= 0.3 is 0 Å². The maximum atomic E-state index is 12.2. The minimum atomic E-state index is 0.174. The second-order valence-electron chi connectivity index (χ2n) is 4.81. The molecule has 0 bridgehead atoms. The monoisotopic (exact) mass is 244 g/mol. The van der Waals surface area contributed by atoms with Crippen LogP contribution in [0.4, 0.5) is 0 Å². The van der Waals surface area contributed by atoms with Gasteiger partial charge in [-0.05, 0) is 37.6 Å². The van der Waals surface area contributed by atoms with Crippen molar-refractivity contribution < 1.29 is 9.21 Å². The van der Waals surface area contributed by atoms with Gasteiger partial charge in [0, 0.05) is 18.0 Å². The van der Waals surface area contributed by atoms with Gasteiger partial charge in [-0.3, -0.25) is 4.79 Å². The van der Waals surface area contributed by atoms with Crippen LogP contribution in [0.15, 0.2) is 29.0 Å². The van der Waals surface area contributed by atoms with Crippen molar-refractivity contribution in [3.8, 4) is 0 Å². The maximum Gasteiger partial charge on any atom is 0.181 e. The standard InChI is InChI=1S/C14H16N2O2/c17-13(8-11-3-1-2-6-15-11)10-4-5-12-14(7-10)18-9-16-12/h4-5,7,9,11,15H,1-3,6,8H2. The largest absolute Gasteiger partial charge is 0.443 e. The first-order chi connectivity index (χ1) is 8.83. The molecule has 1 aromatic heterocycles. The number of rotatable bonds is 3. The van der Waals surface area contributed by atoms with Gasteiger partial charge in [-0.25, -0.2) is 4.98 Å². The van der Waals surface area contributed by atoms with E-state index in [0.717, 1.165) is 18.5 Å². The Labute approximate surface area is 105 Å². The lowest BCUT2D eigenvalue weighted by atomic mass is 9.97. The Bertz CT molecular complexity index is 556. The van der Waals surface area contributed by atoms with E-state index in [1.807, 2.05) is 12.1 Å². The fourth-order valence-electron chi connectivity index (χ4n) is 2.47. The van der Waals surface area contributed by atoms with Crippen LogP contribution in [0, 0.1) is 0 Å². The molecule has 0 spiro atoms. The summed E-state index contributed by atoms with van der Waals surface area (Å²) in [6.45, 7) is 1.03. The molecule has 0 aliphatic carbocycles. The average molecular weight is 244 g/mol. The highest BCUT2D eigenvalue weighted by molar-refractivity contribution is 5.98. The normalized spacial score (nSPS) is 20.1. The minimum Gasteiger partial charge on any atom is -0.443 e. The van der Waals surface area contributed by atoms with Crippen molar-refractivity contribution in [1.29, 1.82) is 0 Å². The van der Waals surface area contributed by atoms with E-state index in [0.29, 0.717) is 23.6 Å². The van der Waals surface area contributed by atoms with Gasteiger partial charge in [-0.1, -0.05) is 6.42 Å². The number of fused-ring (bicyclic) bond motifs is 1. The number of nitrogens with one attached hydrogen (secondary N) is 1. The van der Waals surface area contributed by atoms with E-state index in [1.165, 1.54) is 19.2 Å². The van der Waals surface area contributed by atoms with E-state index < -0.39 is 0 Å². The van der Waals surface area contributed by atoms with Crippen LogP contribution < -0.4 is 5.32 Å². The van der Waals surface area contributed by atoms with Crippen LogP contribution in [0.5, 0.6) is 0 Å². The highest BCUT2D eigenvalue weighted by atomic mass is 16.3. The molecule has 1 aliphatic rings. The van der Waals surface area contributed by atoms with E-state index >= 15 is 0 Å². The third-order valence-electron chi connectivity index (χ3n) is 3.50. The molecule has 4 nitrogen and oxygen atoms in total. The third-order valence-corrected chi connectivity index (χ3v) is 3.50. The van der Waals surface area contributed by atoms with Crippen molar-refractivity contribution in [2.24, 2.45) is 0 Å². The molecule has 1 atom stereocenters. The van der Waals surface area contributed by atoms with Crippen LogP contribution in [-0.2, 0) is 0 Å². The van der Waals surface area contributed by atoms with Gasteiger partial charge in [-0.2, -0.15) is 0 Å². The van der Waals surface area contributed by atoms with E-state index in [1.54, 1.807) is 6.07 Å². The average Bonchev–Trinajstić information content (AvgIpc) is 2.87. The lowest BCUT2D eigenvalue weighted by molar-refractivity contribution is 0.0963. The van der Waals surface area contributed by atoms with Crippen LogP contribution >= 0.6 is 0 Å². The number of piperidine rings is 1. The van der Waals surface area contributed by atoms with Gasteiger partial charge in [0.15, 0.2) is 17.8 Å². The first-order valence-electron chi connectivity index (χ1n) is 6.43. The zero-order chi connectivity index (χ0) is 12.4. The lowest BCUT2D eigenvalue weighted by Gasteiger charge is -2.22. The van der Waals surface area contributed by atoms with Crippen molar-refractivity contribution in [3.05, 3.63) is 30.2 Å². The molecule has 4 heteroatoms. The summed E-state index contributed by atoms with van der Waals surface area (Å²) in [5.74, 6) is 0.174. The number of oxazole rings is 1. The fourth-order valence-corrected chi connectivity index (χ4v) is 2.47. The summed E-state index contributed by atoms with van der Waals surface area (Å²) in [6, 6.07) is 5.78. The predicted molar refractivity (Wildman–Crippen MR) is 68.6 cm³/mol. The smallest absolute Gasteiger partial charge is 0.181 e. The number of nitrogens with zero attached hydrogens (tertiary/aromatic N) is 1. The zero-order valence-corrected chi connectivity index (χ0v) is 10.2. The molecule has 1 aliphatic heterocycles. The van der Waals surface area contributed by atoms with Crippen molar-refractivity contribution >= 4 is 16.9 Å². The molecule has 3 rings (SSSR count). The van der Waals surface area contributed by atoms with Crippen LogP contribution in [0.2, 0.25) is 0 Å². The number of carbonyl (C=O) groups is 1. The quantitative estimate of drug-likeness (QED) is 0.843. The highest BCUT2D eigenvalue weighted by Crippen LogP contribution is 2.18. The van der Waals surface area contributed by atoms with Crippen LogP contribution in [0.3, 0.4) is 0 Å². The number of ketones is 1. The molecule has 0 saturated carbocycles. The van der Waals surface area contributed by atoms with Crippen LogP contribution in [-0.4, -0.2) is 23.4 Å². The van der Waals surface area contributed by atoms with Gasteiger partial charge in [0.1, 0.15) is 5.52 Å². The molecule has 0 amide bonds. The van der Waals surface area contributed by atoms with E-state index in [2.05, 4.69) is 10.3 Å². The van der Waals surface area contributed by atoms with Crippen molar-refractivity contribution in [2.45, 2.75) is 31.7 Å². The summed E-state index contributed by atoms with van der Waals surface area (Å²) in [6.07, 6.45) is 5.50. The van der Waals surface area contributed by atoms with Crippen molar-refractivity contribution in [2.75, 3.05) is 6.54 Å². The fraction of sp³-hybridized carbons (Fsp3) is 0.429. The highest BCUT2D eigenvalue weighted by Gasteiger charge is 2.17. The maximum absolute atomic E-state index is 12.2. The number of hydrogen-bond donors (Lipinski definition) is 1. The van der Waals surface area contributed by atoms with Gasteiger partial charge in [-0.15, -0.1) is 0 Å². The molecule has 1 fully saturated rings. The molecule has 2 heterocycles. The summed E-state index contributed by atoms with van der Waals surface area (Å²) in [5.41, 5.74) is 2.19. The topological polar surface area (TPSA) is 55.1 Å². The third kappa shape index (κ3) is 2.29. The minimum absolute atomic E-state index is 0.174. The van der Waals surface area contributed by atoms with Gasteiger partial charge in [0.2, 0.25) is 0 Å². The Morgan fingerprint density at radius 3 is 3.22 bits per heavy atom. The summed E-state index contributed by atoms with van der Waals surface area (Å²) >= 11 is 0. The Morgan fingerprint density at radius 1 is 1.44 bits per heavy atom. The second-order valence-corrected chi connectivity index (χ2v) is 4.81.